The van der Waals surface area contributed by atoms with Crippen LogP contribution >= 0.6 is 15.9 Å². The van der Waals surface area contributed by atoms with Gasteiger partial charge in [-0.2, -0.15) is 0 Å². The molecule has 0 bridgehead atoms. The maximum atomic E-state index is 9.81. The van der Waals surface area contributed by atoms with Crippen molar-refractivity contribution in [1.29, 1.82) is 0 Å². The van der Waals surface area contributed by atoms with Crippen LogP contribution in [0, 0.1) is 6.92 Å². The molecule has 19 heavy (non-hydrogen) atoms. The number of aromatic hydroxyl groups is 1. The van der Waals surface area contributed by atoms with E-state index in [1.807, 2.05) is 18.2 Å². The molecule has 0 aliphatic heterocycles. The average Bonchev–Trinajstić information content (AvgIpc) is 2.30. The fourth-order valence-corrected chi connectivity index (χ4v) is 2.65. The van der Waals surface area contributed by atoms with Gasteiger partial charge in [-0.1, -0.05) is 48.8 Å². The van der Waals surface area contributed by atoms with Gasteiger partial charge in [-0.15, -0.1) is 0 Å². The van der Waals surface area contributed by atoms with Crippen LogP contribution in [0.1, 0.15) is 31.9 Å². The first-order valence-electron chi connectivity index (χ1n) is 6.39. The van der Waals surface area contributed by atoms with Crippen molar-refractivity contribution in [3.05, 3.63) is 52.0 Å². The summed E-state index contributed by atoms with van der Waals surface area (Å²) in [5.41, 5.74) is 4.75. The highest BCUT2D eigenvalue weighted by Crippen LogP contribution is 2.37. The van der Waals surface area contributed by atoms with Gasteiger partial charge in [-0.25, -0.2) is 0 Å². The highest BCUT2D eigenvalue weighted by atomic mass is 79.9. The van der Waals surface area contributed by atoms with Crippen molar-refractivity contribution >= 4 is 15.9 Å². The van der Waals surface area contributed by atoms with Crippen LogP contribution in [-0.4, -0.2) is 5.11 Å². The Morgan fingerprint density at radius 1 is 0.947 bits per heavy atom. The predicted molar refractivity (Wildman–Crippen MR) is 84.7 cm³/mol. The number of rotatable bonds is 1. The van der Waals surface area contributed by atoms with Crippen LogP contribution < -0.4 is 0 Å². The number of phenols is 1. The Morgan fingerprint density at radius 3 is 2.26 bits per heavy atom. The molecule has 0 spiro atoms. The number of hydrogen-bond acceptors (Lipinski definition) is 1. The molecule has 0 fully saturated rings. The van der Waals surface area contributed by atoms with Gasteiger partial charge in [-0.3, -0.25) is 0 Å². The van der Waals surface area contributed by atoms with E-state index < -0.39 is 0 Å². The largest absolute Gasteiger partial charge is 0.508 e. The Morgan fingerprint density at radius 2 is 1.63 bits per heavy atom. The summed E-state index contributed by atoms with van der Waals surface area (Å²) < 4.78 is 1.05. The second-order valence-electron chi connectivity index (χ2n) is 5.94. The first-order valence-corrected chi connectivity index (χ1v) is 7.18. The zero-order chi connectivity index (χ0) is 14.2. The SMILES string of the molecule is Cc1ccc(Br)cc1-c1cc(O)ccc1C(C)(C)C. The molecule has 2 rings (SSSR count). The smallest absolute Gasteiger partial charge is 0.116 e. The number of phenolic OH excluding ortho intramolecular Hbond substituents is 1. The van der Waals surface area contributed by atoms with Gasteiger partial charge in [0.25, 0.3) is 0 Å². The Kier molecular flexibility index (Phi) is 3.73. The Hall–Kier alpha value is -1.28. The lowest BCUT2D eigenvalue weighted by Crippen LogP contribution is -2.12. The third-order valence-corrected chi connectivity index (χ3v) is 3.79. The first-order chi connectivity index (χ1) is 8.79. The summed E-state index contributed by atoms with van der Waals surface area (Å²) in [6.07, 6.45) is 0. The highest BCUT2D eigenvalue weighted by molar-refractivity contribution is 9.10. The van der Waals surface area contributed by atoms with E-state index in [2.05, 4.69) is 55.8 Å². The van der Waals surface area contributed by atoms with Crippen molar-refractivity contribution in [2.75, 3.05) is 0 Å². The van der Waals surface area contributed by atoms with E-state index in [0.29, 0.717) is 5.75 Å². The van der Waals surface area contributed by atoms with E-state index in [4.69, 9.17) is 0 Å². The third kappa shape index (κ3) is 3.01. The topological polar surface area (TPSA) is 20.2 Å². The Balaban J connectivity index is 2.73. The molecule has 2 aromatic rings. The molecule has 0 aliphatic carbocycles. The molecule has 2 aromatic carbocycles. The molecule has 1 nitrogen and oxygen atoms in total. The Bertz CT molecular complexity index is 609. The maximum Gasteiger partial charge on any atom is 0.116 e. The zero-order valence-electron chi connectivity index (χ0n) is 11.8. The van der Waals surface area contributed by atoms with E-state index >= 15 is 0 Å². The minimum absolute atomic E-state index is 0.0395. The maximum absolute atomic E-state index is 9.81. The molecule has 2 heteroatoms. The quantitative estimate of drug-likeness (QED) is 0.743. The fraction of sp³-hybridized carbons (Fsp3) is 0.294. The average molecular weight is 319 g/mol. The minimum atomic E-state index is 0.0395. The molecule has 0 atom stereocenters. The highest BCUT2D eigenvalue weighted by Gasteiger charge is 2.20. The van der Waals surface area contributed by atoms with Crippen molar-refractivity contribution in [2.45, 2.75) is 33.1 Å². The van der Waals surface area contributed by atoms with Crippen LogP contribution in [0.3, 0.4) is 0 Å². The van der Waals surface area contributed by atoms with Crippen LogP contribution in [0.15, 0.2) is 40.9 Å². The molecule has 0 heterocycles. The monoisotopic (exact) mass is 318 g/mol. The number of benzene rings is 2. The van der Waals surface area contributed by atoms with Crippen molar-refractivity contribution in [3.8, 4) is 16.9 Å². The van der Waals surface area contributed by atoms with E-state index in [1.165, 1.54) is 11.1 Å². The van der Waals surface area contributed by atoms with Gasteiger partial charge in [0.1, 0.15) is 5.75 Å². The summed E-state index contributed by atoms with van der Waals surface area (Å²) >= 11 is 3.52. The van der Waals surface area contributed by atoms with Crippen LogP contribution in [0.4, 0.5) is 0 Å². The van der Waals surface area contributed by atoms with Crippen LogP contribution in [0.5, 0.6) is 5.75 Å². The summed E-state index contributed by atoms with van der Waals surface area (Å²) in [6, 6.07) is 11.9. The van der Waals surface area contributed by atoms with Crippen LogP contribution in [-0.2, 0) is 5.41 Å². The Labute approximate surface area is 123 Å². The van der Waals surface area contributed by atoms with Gasteiger partial charge in [0.2, 0.25) is 0 Å². The molecule has 0 radical (unpaired) electrons. The molecule has 0 unspecified atom stereocenters. The van der Waals surface area contributed by atoms with Crippen molar-refractivity contribution in [3.63, 3.8) is 0 Å². The predicted octanol–water partition coefficient (Wildman–Crippen LogP) is 5.43. The first kappa shape index (κ1) is 14.1. The lowest BCUT2D eigenvalue weighted by atomic mass is 9.81. The summed E-state index contributed by atoms with van der Waals surface area (Å²) in [6.45, 7) is 8.67. The van der Waals surface area contributed by atoms with Crippen LogP contribution in [0.2, 0.25) is 0 Å². The van der Waals surface area contributed by atoms with Crippen molar-refractivity contribution in [2.24, 2.45) is 0 Å². The zero-order valence-corrected chi connectivity index (χ0v) is 13.4. The van der Waals surface area contributed by atoms with Gasteiger partial charge < -0.3 is 5.11 Å². The van der Waals surface area contributed by atoms with Gasteiger partial charge in [-0.05, 0) is 58.9 Å². The number of aryl methyl sites for hydroxylation is 1. The number of halogens is 1. The summed E-state index contributed by atoms with van der Waals surface area (Å²) in [5, 5.41) is 9.81. The van der Waals surface area contributed by atoms with E-state index in [-0.39, 0.29) is 5.41 Å². The molecule has 0 saturated heterocycles. The molecule has 1 N–H and O–H groups in total. The standard InChI is InChI=1S/C17H19BrO/c1-11-5-6-12(18)9-14(11)15-10-13(19)7-8-16(15)17(2,3)4/h5-10,19H,1-4H3. The minimum Gasteiger partial charge on any atom is -0.508 e. The molecular formula is C17H19BrO. The van der Waals surface area contributed by atoms with Gasteiger partial charge in [0.15, 0.2) is 0 Å². The van der Waals surface area contributed by atoms with E-state index in [0.717, 1.165) is 15.6 Å². The van der Waals surface area contributed by atoms with Crippen molar-refractivity contribution < 1.29 is 5.11 Å². The summed E-state index contributed by atoms with van der Waals surface area (Å²) in [7, 11) is 0. The molecule has 100 valence electrons. The van der Waals surface area contributed by atoms with E-state index in [1.54, 1.807) is 6.07 Å². The summed E-state index contributed by atoms with van der Waals surface area (Å²) in [5.74, 6) is 0.308. The number of hydrogen-bond donors (Lipinski definition) is 1. The fourth-order valence-electron chi connectivity index (χ4n) is 2.29. The second kappa shape index (κ2) is 5.01. The van der Waals surface area contributed by atoms with Crippen LogP contribution in [0.25, 0.3) is 11.1 Å². The summed E-state index contributed by atoms with van der Waals surface area (Å²) in [4.78, 5) is 0. The molecule has 0 aliphatic rings. The van der Waals surface area contributed by atoms with Gasteiger partial charge >= 0.3 is 0 Å². The second-order valence-corrected chi connectivity index (χ2v) is 6.85. The molecular weight excluding hydrogens is 300 g/mol. The van der Waals surface area contributed by atoms with Gasteiger partial charge in [0.05, 0.1) is 0 Å². The third-order valence-electron chi connectivity index (χ3n) is 3.30. The van der Waals surface area contributed by atoms with E-state index in [9.17, 15) is 5.11 Å². The van der Waals surface area contributed by atoms with Gasteiger partial charge in [0, 0.05) is 4.47 Å². The lowest BCUT2D eigenvalue weighted by molar-refractivity contribution is 0.474. The lowest BCUT2D eigenvalue weighted by Gasteiger charge is -2.24. The normalized spacial score (nSPS) is 11.6. The molecule has 0 saturated carbocycles. The van der Waals surface area contributed by atoms with Crippen molar-refractivity contribution in [1.82, 2.24) is 0 Å². The molecule has 0 amide bonds. The molecule has 0 aromatic heterocycles.